The maximum absolute atomic E-state index is 12.1. The number of aliphatic hydroxyl groups is 1. The Morgan fingerprint density at radius 2 is 2.13 bits per heavy atom. The highest BCUT2D eigenvalue weighted by Gasteiger charge is 2.40. The van der Waals surface area contributed by atoms with E-state index in [0.717, 1.165) is 32.5 Å². The number of carbonyl (C=O) groups is 1. The molecule has 2 aliphatic heterocycles. The first-order valence-corrected chi connectivity index (χ1v) is 8.45. The average Bonchev–Trinajstić information content (AvgIpc) is 2.57. The molecule has 5 heteroatoms. The highest BCUT2D eigenvalue weighted by Crippen LogP contribution is 2.29. The quantitative estimate of drug-likeness (QED) is 0.826. The Hall–Kier alpha value is -1.43. The summed E-state index contributed by atoms with van der Waals surface area (Å²) in [7, 11) is 0. The first-order chi connectivity index (χ1) is 11.2. The van der Waals surface area contributed by atoms with Crippen LogP contribution >= 0.6 is 0 Å². The second-order valence-electron chi connectivity index (χ2n) is 6.97. The highest BCUT2D eigenvalue weighted by molar-refractivity contribution is 5.94. The number of nitrogens with zero attached hydrogens (tertiary/aromatic N) is 1. The van der Waals surface area contributed by atoms with Gasteiger partial charge in [0.25, 0.3) is 5.91 Å². The van der Waals surface area contributed by atoms with Crippen LogP contribution in [0.2, 0.25) is 0 Å². The molecular weight excluding hydrogens is 292 g/mol. The Morgan fingerprint density at radius 1 is 1.35 bits per heavy atom. The van der Waals surface area contributed by atoms with Gasteiger partial charge in [-0.25, -0.2) is 0 Å². The molecule has 3 rings (SSSR count). The number of hydrogen-bond donors (Lipinski definition) is 2. The number of carbonyl (C=O) groups excluding carboxylic acids is 1. The van der Waals surface area contributed by atoms with Crippen LogP contribution in [0.1, 0.15) is 23.2 Å². The second kappa shape index (κ2) is 7.43. The van der Waals surface area contributed by atoms with Crippen molar-refractivity contribution in [2.24, 2.45) is 11.3 Å². The number of benzene rings is 1. The number of nitrogens with one attached hydrogen (secondary N) is 1. The number of piperidine rings is 1. The molecule has 2 fully saturated rings. The number of likely N-dealkylation sites (tertiary alicyclic amines) is 1. The molecule has 0 saturated carbocycles. The fourth-order valence-corrected chi connectivity index (χ4v) is 3.49. The summed E-state index contributed by atoms with van der Waals surface area (Å²) < 4.78 is 5.28. The molecule has 126 valence electrons. The van der Waals surface area contributed by atoms with Gasteiger partial charge in [-0.1, -0.05) is 18.2 Å². The lowest BCUT2D eigenvalue weighted by atomic mass is 9.85. The van der Waals surface area contributed by atoms with Crippen molar-refractivity contribution in [3.8, 4) is 0 Å². The molecule has 2 aliphatic rings. The molecule has 23 heavy (non-hydrogen) atoms. The van der Waals surface area contributed by atoms with Crippen LogP contribution in [0, 0.1) is 11.3 Å². The van der Waals surface area contributed by atoms with Crippen molar-refractivity contribution in [2.45, 2.75) is 12.8 Å². The van der Waals surface area contributed by atoms with Gasteiger partial charge in [0.15, 0.2) is 0 Å². The number of amides is 1. The number of aliphatic hydroxyl groups excluding tert-OH is 1. The van der Waals surface area contributed by atoms with Crippen molar-refractivity contribution >= 4 is 5.91 Å². The molecule has 1 amide bonds. The molecule has 0 radical (unpaired) electrons. The summed E-state index contributed by atoms with van der Waals surface area (Å²) in [5.41, 5.74) is 0.654. The van der Waals surface area contributed by atoms with Crippen molar-refractivity contribution in [1.29, 1.82) is 0 Å². The number of ether oxygens (including phenoxy) is 1. The van der Waals surface area contributed by atoms with Crippen LogP contribution < -0.4 is 5.32 Å². The van der Waals surface area contributed by atoms with Crippen LogP contribution in [-0.4, -0.2) is 61.9 Å². The average molecular weight is 318 g/mol. The Kier molecular flexibility index (Phi) is 5.30. The molecule has 1 aromatic carbocycles. The normalized spacial score (nSPS) is 24.0. The molecule has 0 aromatic heterocycles. The van der Waals surface area contributed by atoms with Gasteiger partial charge in [-0.15, -0.1) is 0 Å². The van der Waals surface area contributed by atoms with Gasteiger partial charge in [-0.2, -0.15) is 0 Å². The smallest absolute Gasteiger partial charge is 0.251 e. The SMILES string of the molecule is O=C(NCC1CCCN(CC2(CO)COC2)C1)c1ccccc1. The van der Waals surface area contributed by atoms with Crippen LogP contribution in [0.3, 0.4) is 0 Å². The van der Waals surface area contributed by atoms with Crippen LogP contribution in [0.5, 0.6) is 0 Å². The third kappa shape index (κ3) is 4.10. The van der Waals surface area contributed by atoms with Gasteiger partial charge >= 0.3 is 0 Å². The summed E-state index contributed by atoms with van der Waals surface area (Å²) in [6.45, 7) is 5.19. The molecule has 0 spiro atoms. The van der Waals surface area contributed by atoms with E-state index >= 15 is 0 Å². The van der Waals surface area contributed by atoms with E-state index in [9.17, 15) is 9.90 Å². The summed E-state index contributed by atoms with van der Waals surface area (Å²) in [5, 5.41) is 12.6. The minimum atomic E-state index is -0.0603. The van der Waals surface area contributed by atoms with Crippen molar-refractivity contribution in [3.63, 3.8) is 0 Å². The van der Waals surface area contributed by atoms with Crippen molar-refractivity contribution in [1.82, 2.24) is 10.2 Å². The topological polar surface area (TPSA) is 61.8 Å². The summed E-state index contributed by atoms with van der Waals surface area (Å²) in [4.78, 5) is 14.5. The number of rotatable bonds is 6. The minimum Gasteiger partial charge on any atom is -0.396 e. The summed E-state index contributed by atoms with van der Waals surface area (Å²) in [5.74, 6) is 0.482. The van der Waals surface area contributed by atoms with Gasteiger partial charge in [0.1, 0.15) is 0 Å². The lowest BCUT2D eigenvalue weighted by Crippen LogP contribution is -2.55. The third-order valence-corrected chi connectivity index (χ3v) is 4.90. The van der Waals surface area contributed by atoms with Crippen LogP contribution in [0.4, 0.5) is 0 Å². The van der Waals surface area contributed by atoms with Crippen molar-refractivity contribution < 1.29 is 14.6 Å². The van der Waals surface area contributed by atoms with E-state index in [1.54, 1.807) is 0 Å². The Labute approximate surface area is 137 Å². The van der Waals surface area contributed by atoms with E-state index in [2.05, 4.69) is 10.2 Å². The molecule has 2 N–H and O–H groups in total. The molecule has 1 unspecified atom stereocenters. The number of hydrogen-bond acceptors (Lipinski definition) is 4. The fraction of sp³-hybridized carbons (Fsp3) is 0.611. The molecule has 2 saturated heterocycles. The third-order valence-electron chi connectivity index (χ3n) is 4.90. The van der Waals surface area contributed by atoms with Gasteiger partial charge in [0, 0.05) is 25.2 Å². The summed E-state index contributed by atoms with van der Waals surface area (Å²) in [6, 6.07) is 9.35. The maximum atomic E-state index is 12.1. The van der Waals surface area contributed by atoms with Gasteiger partial charge in [-0.05, 0) is 37.4 Å². The Morgan fingerprint density at radius 3 is 2.78 bits per heavy atom. The largest absolute Gasteiger partial charge is 0.396 e. The standard InChI is InChI=1S/C18H26N2O3/c21-12-18(13-23-14-18)11-20-8-4-5-15(10-20)9-19-17(22)16-6-2-1-3-7-16/h1-3,6-7,15,21H,4-5,8-14H2,(H,19,22). The zero-order chi connectivity index (χ0) is 16.1. The fourth-order valence-electron chi connectivity index (χ4n) is 3.49. The summed E-state index contributed by atoms with van der Waals surface area (Å²) in [6.07, 6.45) is 2.29. The lowest BCUT2D eigenvalue weighted by Gasteiger charge is -2.45. The van der Waals surface area contributed by atoms with Crippen LogP contribution in [-0.2, 0) is 4.74 Å². The van der Waals surface area contributed by atoms with Gasteiger partial charge in [-0.3, -0.25) is 4.79 Å². The van der Waals surface area contributed by atoms with E-state index in [1.807, 2.05) is 30.3 Å². The Bertz CT molecular complexity index is 511. The van der Waals surface area contributed by atoms with Crippen LogP contribution in [0.15, 0.2) is 30.3 Å². The highest BCUT2D eigenvalue weighted by atomic mass is 16.5. The molecule has 1 atom stereocenters. The van der Waals surface area contributed by atoms with E-state index in [1.165, 1.54) is 0 Å². The van der Waals surface area contributed by atoms with Crippen LogP contribution in [0.25, 0.3) is 0 Å². The van der Waals surface area contributed by atoms with Gasteiger partial charge in [0.05, 0.1) is 25.2 Å². The van der Waals surface area contributed by atoms with E-state index < -0.39 is 0 Å². The molecule has 0 aliphatic carbocycles. The first kappa shape index (κ1) is 16.4. The molecule has 5 nitrogen and oxygen atoms in total. The zero-order valence-corrected chi connectivity index (χ0v) is 13.5. The molecule has 0 bridgehead atoms. The van der Waals surface area contributed by atoms with E-state index in [-0.39, 0.29) is 17.9 Å². The van der Waals surface area contributed by atoms with Crippen molar-refractivity contribution in [3.05, 3.63) is 35.9 Å². The van der Waals surface area contributed by atoms with Gasteiger partial charge < -0.3 is 20.1 Å². The maximum Gasteiger partial charge on any atom is 0.251 e. The first-order valence-electron chi connectivity index (χ1n) is 8.45. The molecule has 1 aromatic rings. The predicted octanol–water partition coefficient (Wildman–Crippen LogP) is 1.14. The lowest BCUT2D eigenvalue weighted by molar-refractivity contribution is -0.150. The molecule has 2 heterocycles. The van der Waals surface area contributed by atoms with Gasteiger partial charge in [0.2, 0.25) is 0 Å². The van der Waals surface area contributed by atoms with Crippen molar-refractivity contribution in [2.75, 3.05) is 46.0 Å². The Balaban J connectivity index is 1.46. The zero-order valence-electron chi connectivity index (χ0n) is 13.5. The van der Waals surface area contributed by atoms with E-state index in [4.69, 9.17) is 4.74 Å². The molecular formula is C18H26N2O3. The van der Waals surface area contributed by atoms with E-state index in [0.29, 0.717) is 31.2 Å². The summed E-state index contributed by atoms with van der Waals surface area (Å²) >= 11 is 0. The monoisotopic (exact) mass is 318 g/mol. The minimum absolute atomic E-state index is 0.00180. The second-order valence-corrected chi connectivity index (χ2v) is 6.97. The predicted molar refractivity (Wildman–Crippen MR) is 88.3 cm³/mol.